The fourth-order valence-corrected chi connectivity index (χ4v) is 1.65. The fraction of sp³-hybridized carbons (Fsp3) is 0.125. The second-order valence-electron chi connectivity index (χ2n) is 2.38. The maximum atomic E-state index is 10.6. The Balaban J connectivity index is 3.38. The molecule has 1 aromatic rings. The third-order valence-electron chi connectivity index (χ3n) is 1.47. The summed E-state index contributed by atoms with van der Waals surface area (Å²) in [6, 6.07) is 2.98. The largest absolute Gasteiger partial charge is 0.478 e. The molecule has 0 atom stereocenters. The molecular formula is C8H6Cl2O2. The van der Waals surface area contributed by atoms with Gasteiger partial charge in [0.25, 0.3) is 0 Å². The van der Waals surface area contributed by atoms with Gasteiger partial charge < -0.3 is 5.11 Å². The maximum absolute atomic E-state index is 10.6. The van der Waals surface area contributed by atoms with E-state index in [-0.39, 0.29) is 10.6 Å². The summed E-state index contributed by atoms with van der Waals surface area (Å²) in [4.78, 5) is 10.6. The van der Waals surface area contributed by atoms with Crippen molar-refractivity contribution in [2.24, 2.45) is 0 Å². The van der Waals surface area contributed by atoms with Crippen molar-refractivity contribution in [2.45, 2.75) is 6.92 Å². The Hall–Kier alpha value is -0.730. The lowest BCUT2D eigenvalue weighted by Crippen LogP contribution is -2.00. The average Bonchev–Trinajstić information content (AvgIpc) is 1.82. The van der Waals surface area contributed by atoms with E-state index in [1.165, 1.54) is 6.07 Å². The third kappa shape index (κ3) is 1.71. The van der Waals surface area contributed by atoms with Gasteiger partial charge in [0.1, 0.15) is 0 Å². The molecule has 0 fully saturated rings. The number of aromatic carboxylic acids is 1. The molecule has 0 aromatic heterocycles. The van der Waals surface area contributed by atoms with E-state index in [0.29, 0.717) is 10.6 Å². The highest BCUT2D eigenvalue weighted by atomic mass is 35.5. The minimum atomic E-state index is -1.03. The first-order valence-corrected chi connectivity index (χ1v) is 3.97. The van der Waals surface area contributed by atoms with Gasteiger partial charge in [-0.2, -0.15) is 0 Å². The van der Waals surface area contributed by atoms with Gasteiger partial charge >= 0.3 is 5.97 Å². The molecule has 0 aliphatic heterocycles. The molecule has 0 unspecified atom stereocenters. The predicted octanol–water partition coefficient (Wildman–Crippen LogP) is 3.00. The Bertz CT molecular complexity index is 311. The number of carbonyl (C=O) groups is 1. The molecule has 64 valence electrons. The van der Waals surface area contributed by atoms with Crippen LogP contribution in [0.15, 0.2) is 12.1 Å². The zero-order chi connectivity index (χ0) is 9.30. The Morgan fingerprint density at radius 1 is 1.42 bits per heavy atom. The van der Waals surface area contributed by atoms with Gasteiger partial charge in [0, 0.05) is 5.02 Å². The SMILES string of the molecule is Cc1cc(Cl)cc(Cl)c1C(=O)O. The smallest absolute Gasteiger partial charge is 0.337 e. The summed E-state index contributed by atoms with van der Waals surface area (Å²) in [6.07, 6.45) is 0. The first-order chi connectivity index (χ1) is 5.52. The monoisotopic (exact) mass is 204 g/mol. The topological polar surface area (TPSA) is 37.3 Å². The Morgan fingerprint density at radius 3 is 2.42 bits per heavy atom. The summed E-state index contributed by atoms with van der Waals surface area (Å²) in [5.74, 6) is -1.03. The van der Waals surface area contributed by atoms with Crippen molar-refractivity contribution in [3.63, 3.8) is 0 Å². The molecule has 0 saturated carbocycles. The molecular weight excluding hydrogens is 199 g/mol. The fourth-order valence-electron chi connectivity index (χ4n) is 0.973. The van der Waals surface area contributed by atoms with Crippen LogP contribution >= 0.6 is 23.2 Å². The summed E-state index contributed by atoms with van der Waals surface area (Å²) in [6.45, 7) is 1.65. The van der Waals surface area contributed by atoms with Crippen LogP contribution in [-0.2, 0) is 0 Å². The summed E-state index contributed by atoms with van der Waals surface area (Å²) < 4.78 is 0. The lowest BCUT2D eigenvalue weighted by Gasteiger charge is -2.03. The van der Waals surface area contributed by atoms with Gasteiger partial charge in [0.15, 0.2) is 0 Å². The van der Waals surface area contributed by atoms with Gasteiger partial charge in [-0.3, -0.25) is 0 Å². The number of hydrogen-bond donors (Lipinski definition) is 1. The van der Waals surface area contributed by atoms with Crippen molar-refractivity contribution in [2.75, 3.05) is 0 Å². The van der Waals surface area contributed by atoms with E-state index in [4.69, 9.17) is 28.3 Å². The van der Waals surface area contributed by atoms with Gasteiger partial charge in [-0.25, -0.2) is 4.79 Å². The van der Waals surface area contributed by atoms with Crippen molar-refractivity contribution in [3.8, 4) is 0 Å². The molecule has 0 radical (unpaired) electrons. The standard InChI is InChI=1S/C8H6Cl2O2/c1-4-2-5(9)3-6(10)7(4)8(11)12/h2-3H,1H3,(H,11,12). The van der Waals surface area contributed by atoms with Crippen LogP contribution < -0.4 is 0 Å². The van der Waals surface area contributed by atoms with Crippen molar-refractivity contribution in [1.29, 1.82) is 0 Å². The minimum Gasteiger partial charge on any atom is -0.478 e. The minimum absolute atomic E-state index is 0.112. The van der Waals surface area contributed by atoms with E-state index < -0.39 is 5.97 Å². The first-order valence-electron chi connectivity index (χ1n) is 3.21. The van der Waals surface area contributed by atoms with Crippen molar-refractivity contribution in [1.82, 2.24) is 0 Å². The highest BCUT2D eigenvalue weighted by Gasteiger charge is 2.12. The van der Waals surface area contributed by atoms with Gasteiger partial charge in [0.2, 0.25) is 0 Å². The van der Waals surface area contributed by atoms with Crippen LogP contribution in [0, 0.1) is 6.92 Å². The molecule has 0 aliphatic rings. The second-order valence-corrected chi connectivity index (χ2v) is 3.23. The van der Waals surface area contributed by atoms with Gasteiger partial charge in [0.05, 0.1) is 10.6 Å². The van der Waals surface area contributed by atoms with Crippen molar-refractivity contribution >= 4 is 29.2 Å². The van der Waals surface area contributed by atoms with E-state index >= 15 is 0 Å². The van der Waals surface area contributed by atoms with Crippen molar-refractivity contribution < 1.29 is 9.90 Å². The number of benzene rings is 1. The lowest BCUT2D eigenvalue weighted by molar-refractivity contribution is 0.0696. The van der Waals surface area contributed by atoms with Crippen LogP contribution in [0.1, 0.15) is 15.9 Å². The number of carboxylic acids is 1. The third-order valence-corrected chi connectivity index (χ3v) is 1.98. The van der Waals surface area contributed by atoms with Crippen molar-refractivity contribution in [3.05, 3.63) is 33.3 Å². The predicted molar refractivity (Wildman–Crippen MR) is 48.2 cm³/mol. The lowest BCUT2D eigenvalue weighted by atomic mass is 10.1. The molecule has 1 N–H and O–H groups in total. The van der Waals surface area contributed by atoms with Gasteiger partial charge in [-0.05, 0) is 24.6 Å². The van der Waals surface area contributed by atoms with Gasteiger partial charge in [-0.15, -0.1) is 0 Å². The van der Waals surface area contributed by atoms with Crippen LogP contribution in [-0.4, -0.2) is 11.1 Å². The molecule has 12 heavy (non-hydrogen) atoms. The Kier molecular flexibility index (Phi) is 2.60. The van der Waals surface area contributed by atoms with Crippen LogP contribution in [0.2, 0.25) is 10.0 Å². The molecule has 4 heteroatoms. The van der Waals surface area contributed by atoms with Crippen LogP contribution in [0.5, 0.6) is 0 Å². The summed E-state index contributed by atoms with van der Waals surface area (Å²) in [5, 5.41) is 9.33. The molecule has 0 spiro atoms. The van der Waals surface area contributed by atoms with E-state index in [1.54, 1.807) is 13.0 Å². The zero-order valence-corrected chi connectivity index (χ0v) is 7.78. The molecule has 1 aromatic carbocycles. The van der Waals surface area contributed by atoms with E-state index in [0.717, 1.165) is 0 Å². The number of carboxylic acid groups (broad SMARTS) is 1. The average molecular weight is 205 g/mol. The summed E-state index contributed by atoms with van der Waals surface area (Å²) in [7, 11) is 0. The quantitative estimate of drug-likeness (QED) is 0.764. The van der Waals surface area contributed by atoms with E-state index in [2.05, 4.69) is 0 Å². The maximum Gasteiger partial charge on any atom is 0.337 e. The number of halogens is 2. The summed E-state index contributed by atoms with van der Waals surface area (Å²) >= 11 is 11.3. The molecule has 1 rings (SSSR count). The zero-order valence-electron chi connectivity index (χ0n) is 6.27. The first kappa shape index (κ1) is 9.36. The highest BCUT2D eigenvalue weighted by molar-refractivity contribution is 6.36. The number of hydrogen-bond acceptors (Lipinski definition) is 1. The molecule has 2 nitrogen and oxygen atoms in total. The highest BCUT2D eigenvalue weighted by Crippen LogP contribution is 2.24. The normalized spacial score (nSPS) is 9.92. The Morgan fingerprint density at radius 2 is 2.00 bits per heavy atom. The molecule has 0 saturated heterocycles. The molecule has 0 amide bonds. The van der Waals surface area contributed by atoms with E-state index in [9.17, 15) is 4.79 Å². The molecule has 0 bridgehead atoms. The molecule has 0 heterocycles. The van der Waals surface area contributed by atoms with Gasteiger partial charge in [-0.1, -0.05) is 23.2 Å². The van der Waals surface area contributed by atoms with Crippen LogP contribution in [0.4, 0.5) is 0 Å². The Labute approximate surface area is 79.7 Å². The number of aryl methyl sites for hydroxylation is 1. The summed E-state index contributed by atoms with van der Waals surface area (Å²) in [5.41, 5.74) is 0.682. The van der Waals surface area contributed by atoms with Crippen LogP contribution in [0.25, 0.3) is 0 Å². The van der Waals surface area contributed by atoms with Crippen LogP contribution in [0.3, 0.4) is 0 Å². The van der Waals surface area contributed by atoms with E-state index in [1.807, 2.05) is 0 Å². The molecule has 0 aliphatic carbocycles. The second kappa shape index (κ2) is 3.33. The number of rotatable bonds is 1.